The molecule has 0 radical (unpaired) electrons. The summed E-state index contributed by atoms with van der Waals surface area (Å²) >= 11 is 1.21. The Morgan fingerprint density at radius 1 is 1.12 bits per heavy atom. The van der Waals surface area contributed by atoms with E-state index in [2.05, 4.69) is 5.32 Å². The third kappa shape index (κ3) is 4.82. The van der Waals surface area contributed by atoms with Crippen LogP contribution >= 0.6 is 11.8 Å². The van der Waals surface area contributed by atoms with Crippen molar-refractivity contribution in [1.29, 1.82) is 0 Å². The molecule has 0 aliphatic rings. The van der Waals surface area contributed by atoms with Gasteiger partial charge in [0.2, 0.25) is 11.8 Å². The molecule has 0 spiro atoms. The van der Waals surface area contributed by atoms with E-state index in [-0.39, 0.29) is 17.3 Å². The molecule has 7 nitrogen and oxygen atoms in total. The summed E-state index contributed by atoms with van der Waals surface area (Å²) in [4.78, 5) is 34.4. The summed E-state index contributed by atoms with van der Waals surface area (Å²) in [6.07, 6.45) is 0. The molecule has 2 aromatic rings. The van der Waals surface area contributed by atoms with Gasteiger partial charge < -0.3 is 11.1 Å². The fraction of sp³-hybridized carbons (Fsp3) is 0.125. The molecule has 0 heterocycles. The average molecular weight is 345 g/mol. The number of nitrogens with two attached hydrogens (primary N) is 1. The lowest BCUT2D eigenvalue weighted by atomic mass is 10.1. The van der Waals surface area contributed by atoms with Gasteiger partial charge in [-0.3, -0.25) is 19.7 Å². The number of thioether (sulfide) groups is 1. The van der Waals surface area contributed by atoms with Crippen molar-refractivity contribution in [2.45, 2.75) is 10.9 Å². The number of nitrogens with zero attached hydrogens (tertiary/aromatic N) is 1. The standard InChI is InChI=1S/C16H15N3O4S/c17-16(21)15(11-4-2-1-3-5-11)18-14(20)10-24-13-8-6-12(7-9-13)19(22)23/h1-9,15H,10H2,(H2,17,21)(H,18,20). The normalized spacial score (nSPS) is 11.5. The Morgan fingerprint density at radius 3 is 2.29 bits per heavy atom. The molecule has 3 N–H and O–H groups in total. The molecule has 0 aromatic heterocycles. The summed E-state index contributed by atoms with van der Waals surface area (Å²) in [5, 5.41) is 13.2. The number of primary amides is 1. The van der Waals surface area contributed by atoms with E-state index in [0.29, 0.717) is 10.5 Å². The third-order valence-corrected chi connectivity index (χ3v) is 4.15. The monoisotopic (exact) mass is 345 g/mol. The minimum Gasteiger partial charge on any atom is -0.368 e. The van der Waals surface area contributed by atoms with Gasteiger partial charge in [-0.1, -0.05) is 30.3 Å². The maximum absolute atomic E-state index is 12.0. The van der Waals surface area contributed by atoms with Crippen LogP contribution in [0.3, 0.4) is 0 Å². The predicted octanol–water partition coefficient (Wildman–Crippen LogP) is 2.03. The van der Waals surface area contributed by atoms with E-state index in [1.54, 1.807) is 42.5 Å². The van der Waals surface area contributed by atoms with Crippen molar-refractivity contribution in [3.63, 3.8) is 0 Å². The molecule has 2 aromatic carbocycles. The van der Waals surface area contributed by atoms with Crippen LogP contribution in [0.25, 0.3) is 0 Å². The first-order valence-electron chi connectivity index (χ1n) is 6.98. The Labute approximate surface area is 142 Å². The zero-order valence-electron chi connectivity index (χ0n) is 12.5. The maximum atomic E-state index is 12.0. The highest BCUT2D eigenvalue weighted by atomic mass is 32.2. The molecule has 0 aliphatic carbocycles. The fourth-order valence-corrected chi connectivity index (χ4v) is 2.69. The zero-order valence-corrected chi connectivity index (χ0v) is 13.4. The quantitative estimate of drug-likeness (QED) is 0.452. The van der Waals surface area contributed by atoms with Crippen LogP contribution in [0, 0.1) is 10.1 Å². The molecule has 2 amide bonds. The van der Waals surface area contributed by atoms with Gasteiger partial charge in [0.15, 0.2) is 0 Å². The summed E-state index contributed by atoms with van der Waals surface area (Å²) in [5.74, 6) is -0.935. The van der Waals surface area contributed by atoms with E-state index < -0.39 is 16.9 Å². The molecule has 124 valence electrons. The topological polar surface area (TPSA) is 115 Å². The first kappa shape index (κ1) is 17.5. The minimum absolute atomic E-state index is 0.0123. The Bertz CT molecular complexity index is 735. The lowest BCUT2D eigenvalue weighted by Crippen LogP contribution is -2.38. The number of non-ortho nitro benzene ring substituents is 1. The molecule has 0 bridgehead atoms. The number of nitrogens with one attached hydrogen (secondary N) is 1. The van der Waals surface area contributed by atoms with E-state index >= 15 is 0 Å². The molecular weight excluding hydrogens is 330 g/mol. The van der Waals surface area contributed by atoms with Crippen molar-refractivity contribution >= 4 is 29.3 Å². The number of nitro groups is 1. The van der Waals surface area contributed by atoms with E-state index in [1.165, 1.54) is 23.9 Å². The van der Waals surface area contributed by atoms with Crippen LogP contribution in [0.2, 0.25) is 0 Å². The number of hydrogen-bond acceptors (Lipinski definition) is 5. The van der Waals surface area contributed by atoms with Crippen molar-refractivity contribution in [2.75, 3.05) is 5.75 Å². The Morgan fingerprint density at radius 2 is 1.75 bits per heavy atom. The molecule has 0 aliphatic heterocycles. The summed E-state index contributed by atoms with van der Waals surface area (Å²) < 4.78 is 0. The predicted molar refractivity (Wildman–Crippen MR) is 90.3 cm³/mol. The third-order valence-electron chi connectivity index (χ3n) is 3.14. The first-order chi connectivity index (χ1) is 11.5. The first-order valence-corrected chi connectivity index (χ1v) is 7.97. The Balaban J connectivity index is 1.94. The molecule has 0 fully saturated rings. The van der Waals surface area contributed by atoms with E-state index in [0.717, 1.165) is 0 Å². The number of benzene rings is 2. The van der Waals surface area contributed by atoms with Crippen LogP contribution < -0.4 is 11.1 Å². The van der Waals surface area contributed by atoms with Gasteiger partial charge in [0.1, 0.15) is 6.04 Å². The van der Waals surface area contributed by atoms with E-state index in [4.69, 9.17) is 5.73 Å². The highest BCUT2D eigenvalue weighted by Gasteiger charge is 2.19. The van der Waals surface area contributed by atoms with Gasteiger partial charge in [0.05, 0.1) is 10.7 Å². The number of rotatable bonds is 7. The number of nitro benzene ring substituents is 1. The lowest BCUT2D eigenvalue weighted by molar-refractivity contribution is -0.384. The average Bonchev–Trinajstić information content (AvgIpc) is 2.58. The second kappa shape index (κ2) is 8.11. The van der Waals surface area contributed by atoms with Gasteiger partial charge in [-0.15, -0.1) is 11.8 Å². The molecule has 1 unspecified atom stereocenters. The molecule has 0 saturated carbocycles. The van der Waals surface area contributed by atoms with Crippen LogP contribution in [0.5, 0.6) is 0 Å². The molecule has 0 saturated heterocycles. The maximum Gasteiger partial charge on any atom is 0.269 e. The molecule has 8 heteroatoms. The lowest BCUT2D eigenvalue weighted by Gasteiger charge is -2.15. The highest BCUT2D eigenvalue weighted by Crippen LogP contribution is 2.21. The zero-order chi connectivity index (χ0) is 17.5. The minimum atomic E-state index is -0.892. The molecular formula is C16H15N3O4S. The molecule has 1 atom stereocenters. The number of carbonyl (C=O) groups excluding carboxylic acids is 2. The van der Waals surface area contributed by atoms with Crippen molar-refractivity contribution < 1.29 is 14.5 Å². The van der Waals surface area contributed by atoms with Gasteiger partial charge in [-0.05, 0) is 17.7 Å². The van der Waals surface area contributed by atoms with Crippen LogP contribution in [0.1, 0.15) is 11.6 Å². The summed E-state index contributed by atoms with van der Waals surface area (Å²) in [7, 11) is 0. The Hall–Kier alpha value is -2.87. The van der Waals surface area contributed by atoms with Crippen LogP contribution in [-0.4, -0.2) is 22.5 Å². The van der Waals surface area contributed by atoms with E-state index in [1.807, 2.05) is 0 Å². The second-order valence-corrected chi connectivity index (χ2v) is 5.90. The van der Waals surface area contributed by atoms with Crippen molar-refractivity contribution in [2.24, 2.45) is 5.73 Å². The van der Waals surface area contributed by atoms with Gasteiger partial charge in [-0.2, -0.15) is 0 Å². The van der Waals surface area contributed by atoms with Crippen molar-refractivity contribution in [3.8, 4) is 0 Å². The number of hydrogen-bond donors (Lipinski definition) is 2. The second-order valence-electron chi connectivity index (χ2n) is 4.85. The fourth-order valence-electron chi connectivity index (χ4n) is 1.98. The van der Waals surface area contributed by atoms with Gasteiger partial charge in [-0.25, -0.2) is 0 Å². The van der Waals surface area contributed by atoms with Gasteiger partial charge in [0.25, 0.3) is 5.69 Å². The molecule has 2 rings (SSSR count). The van der Waals surface area contributed by atoms with Crippen LogP contribution in [0.4, 0.5) is 5.69 Å². The SMILES string of the molecule is NC(=O)C(NC(=O)CSc1ccc([N+](=O)[O-])cc1)c1ccccc1. The van der Waals surface area contributed by atoms with Gasteiger partial charge in [0, 0.05) is 17.0 Å². The number of carbonyl (C=O) groups is 2. The smallest absolute Gasteiger partial charge is 0.269 e. The van der Waals surface area contributed by atoms with Crippen molar-refractivity contribution in [1.82, 2.24) is 5.32 Å². The largest absolute Gasteiger partial charge is 0.368 e. The highest BCUT2D eigenvalue weighted by molar-refractivity contribution is 8.00. The Kier molecular flexibility index (Phi) is 5.91. The summed E-state index contributed by atoms with van der Waals surface area (Å²) in [6.45, 7) is 0. The van der Waals surface area contributed by atoms with E-state index in [9.17, 15) is 19.7 Å². The number of amides is 2. The van der Waals surface area contributed by atoms with Crippen molar-refractivity contribution in [3.05, 3.63) is 70.3 Å². The summed E-state index contributed by atoms with van der Waals surface area (Å²) in [5.41, 5.74) is 5.94. The molecule has 24 heavy (non-hydrogen) atoms. The van der Waals surface area contributed by atoms with Crippen LogP contribution in [-0.2, 0) is 9.59 Å². The summed E-state index contributed by atoms with van der Waals surface area (Å²) in [6, 6.07) is 13.7. The van der Waals surface area contributed by atoms with Crippen LogP contribution in [0.15, 0.2) is 59.5 Å². The van der Waals surface area contributed by atoms with Gasteiger partial charge >= 0.3 is 0 Å².